The largest absolute Gasteiger partial charge is 0.341 e. The molecule has 0 unspecified atom stereocenters. The molecule has 2 saturated heterocycles. The summed E-state index contributed by atoms with van der Waals surface area (Å²) < 4.78 is 0. The number of nitrogens with zero attached hydrogens (tertiary/aromatic N) is 2. The SMILES string of the molecule is CC(=O)N1CC[C@H](NC(=O)NC2CCN([C@H](C)c3ccccc3)CC2)C1. The van der Waals surface area contributed by atoms with Crippen LogP contribution in [0.1, 0.15) is 44.7 Å². The van der Waals surface area contributed by atoms with E-state index in [9.17, 15) is 9.59 Å². The molecule has 3 amide bonds. The lowest BCUT2D eigenvalue weighted by Crippen LogP contribution is -2.50. The number of hydrogen-bond acceptors (Lipinski definition) is 3. The summed E-state index contributed by atoms with van der Waals surface area (Å²) in [6, 6.07) is 11.2. The molecule has 2 fully saturated rings. The van der Waals surface area contributed by atoms with E-state index in [4.69, 9.17) is 0 Å². The Bertz CT molecular complexity index is 613. The second kappa shape index (κ2) is 8.54. The van der Waals surface area contributed by atoms with Crippen molar-refractivity contribution in [1.29, 1.82) is 0 Å². The maximum absolute atomic E-state index is 12.2. The first-order valence-electron chi connectivity index (χ1n) is 9.64. The summed E-state index contributed by atoms with van der Waals surface area (Å²) in [6.07, 6.45) is 2.77. The molecule has 26 heavy (non-hydrogen) atoms. The van der Waals surface area contributed by atoms with E-state index < -0.39 is 0 Å². The fraction of sp³-hybridized carbons (Fsp3) is 0.600. The maximum atomic E-state index is 12.2. The van der Waals surface area contributed by atoms with Crippen molar-refractivity contribution in [2.75, 3.05) is 26.2 Å². The monoisotopic (exact) mass is 358 g/mol. The van der Waals surface area contributed by atoms with E-state index in [1.807, 2.05) is 6.07 Å². The van der Waals surface area contributed by atoms with E-state index >= 15 is 0 Å². The average molecular weight is 358 g/mol. The van der Waals surface area contributed by atoms with Crippen LogP contribution in [-0.2, 0) is 4.79 Å². The summed E-state index contributed by atoms with van der Waals surface area (Å²) in [7, 11) is 0. The molecule has 2 aliphatic rings. The smallest absolute Gasteiger partial charge is 0.315 e. The molecule has 0 spiro atoms. The lowest BCUT2D eigenvalue weighted by molar-refractivity contribution is -0.127. The Morgan fingerprint density at radius 3 is 2.23 bits per heavy atom. The van der Waals surface area contributed by atoms with Crippen molar-refractivity contribution in [2.24, 2.45) is 0 Å². The molecule has 142 valence electrons. The molecule has 2 N–H and O–H groups in total. The van der Waals surface area contributed by atoms with Gasteiger partial charge in [0.15, 0.2) is 0 Å². The molecule has 0 aliphatic carbocycles. The van der Waals surface area contributed by atoms with Gasteiger partial charge in [0, 0.05) is 51.2 Å². The fourth-order valence-corrected chi connectivity index (χ4v) is 3.95. The average Bonchev–Trinajstić information content (AvgIpc) is 3.11. The van der Waals surface area contributed by atoms with Crippen LogP contribution in [0.2, 0.25) is 0 Å². The van der Waals surface area contributed by atoms with Crippen molar-refractivity contribution in [3.05, 3.63) is 35.9 Å². The molecular weight excluding hydrogens is 328 g/mol. The molecular formula is C20H30N4O2. The van der Waals surface area contributed by atoms with E-state index in [1.54, 1.807) is 11.8 Å². The van der Waals surface area contributed by atoms with E-state index in [0.717, 1.165) is 38.9 Å². The normalized spacial score (nSPS) is 22.8. The van der Waals surface area contributed by atoms with E-state index in [2.05, 4.69) is 46.7 Å². The Hall–Kier alpha value is -2.08. The second-order valence-electron chi connectivity index (χ2n) is 7.47. The highest BCUT2D eigenvalue weighted by Gasteiger charge is 2.27. The van der Waals surface area contributed by atoms with Gasteiger partial charge in [-0.2, -0.15) is 0 Å². The number of nitrogens with one attached hydrogen (secondary N) is 2. The lowest BCUT2D eigenvalue weighted by atomic mass is 10.0. The standard InChI is InChI=1S/C20H30N4O2/c1-15(17-6-4-3-5-7-17)23-11-8-18(9-12-23)21-20(26)22-19-10-13-24(14-19)16(2)25/h3-7,15,18-19H,8-14H2,1-2H3,(H2,21,22,26)/t15-,19+/m1/s1. The van der Waals surface area contributed by atoms with Crippen LogP contribution in [0.15, 0.2) is 30.3 Å². The van der Waals surface area contributed by atoms with Gasteiger partial charge < -0.3 is 15.5 Å². The fourth-order valence-electron chi connectivity index (χ4n) is 3.95. The number of hydrogen-bond donors (Lipinski definition) is 2. The molecule has 0 saturated carbocycles. The molecule has 6 nitrogen and oxygen atoms in total. The van der Waals surface area contributed by atoms with Gasteiger partial charge in [0.25, 0.3) is 0 Å². The summed E-state index contributed by atoms with van der Waals surface area (Å²) >= 11 is 0. The van der Waals surface area contributed by atoms with Crippen LogP contribution in [0.25, 0.3) is 0 Å². The minimum Gasteiger partial charge on any atom is -0.341 e. The van der Waals surface area contributed by atoms with Crippen molar-refractivity contribution in [3.63, 3.8) is 0 Å². The number of urea groups is 1. The van der Waals surface area contributed by atoms with Crippen LogP contribution >= 0.6 is 0 Å². The third-order valence-corrected chi connectivity index (χ3v) is 5.66. The van der Waals surface area contributed by atoms with Crippen LogP contribution in [0, 0.1) is 0 Å². The zero-order chi connectivity index (χ0) is 18.5. The van der Waals surface area contributed by atoms with Crippen LogP contribution in [0.5, 0.6) is 0 Å². The minimum atomic E-state index is -0.102. The number of benzene rings is 1. The van der Waals surface area contributed by atoms with Gasteiger partial charge in [0.2, 0.25) is 5.91 Å². The Kier molecular flexibility index (Phi) is 6.14. The Morgan fingerprint density at radius 1 is 1.00 bits per heavy atom. The number of carbonyl (C=O) groups excluding carboxylic acids is 2. The van der Waals surface area contributed by atoms with Crippen molar-refractivity contribution < 1.29 is 9.59 Å². The van der Waals surface area contributed by atoms with Gasteiger partial charge in [-0.25, -0.2) is 4.79 Å². The minimum absolute atomic E-state index is 0.0668. The first-order chi connectivity index (χ1) is 12.5. The predicted octanol–water partition coefficient (Wildman–Crippen LogP) is 2.13. The van der Waals surface area contributed by atoms with Gasteiger partial charge in [-0.15, -0.1) is 0 Å². The van der Waals surface area contributed by atoms with Gasteiger partial charge in [-0.05, 0) is 31.7 Å². The molecule has 6 heteroatoms. The van der Waals surface area contributed by atoms with Gasteiger partial charge in [-0.3, -0.25) is 9.69 Å². The second-order valence-corrected chi connectivity index (χ2v) is 7.47. The molecule has 2 aliphatic heterocycles. The first kappa shape index (κ1) is 18.7. The Morgan fingerprint density at radius 2 is 1.62 bits per heavy atom. The highest BCUT2D eigenvalue weighted by atomic mass is 16.2. The molecule has 1 aromatic rings. The van der Waals surface area contributed by atoms with Crippen LogP contribution in [0.3, 0.4) is 0 Å². The highest BCUT2D eigenvalue weighted by molar-refractivity contribution is 5.76. The molecule has 1 aromatic carbocycles. The van der Waals surface area contributed by atoms with Gasteiger partial charge in [0.05, 0.1) is 0 Å². The third kappa shape index (κ3) is 4.75. The van der Waals surface area contributed by atoms with Crippen molar-refractivity contribution in [3.8, 4) is 0 Å². The molecule has 0 radical (unpaired) electrons. The number of carbonyl (C=O) groups is 2. The zero-order valence-electron chi connectivity index (χ0n) is 15.8. The molecule has 0 bridgehead atoms. The van der Waals surface area contributed by atoms with Gasteiger partial charge in [-0.1, -0.05) is 30.3 Å². The van der Waals surface area contributed by atoms with E-state index in [1.165, 1.54) is 5.56 Å². The van der Waals surface area contributed by atoms with Gasteiger partial charge in [0.1, 0.15) is 0 Å². The highest BCUT2D eigenvalue weighted by Crippen LogP contribution is 2.24. The first-order valence-corrected chi connectivity index (χ1v) is 9.64. The van der Waals surface area contributed by atoms with Crippen molar-refractivity contribution in [1.82, 2.24) is 20.4 Å². The summed E-state index contributed by atoms with van der Waals surface area (Å²) in [4.78, 5) is 27.9. The summed E-state index contributed by atoms with van der Waals surface area (Å²) in [6.45, 7) is 7.15. The molecule has 0 aromatic heterocycles. The Balaban J connectivity index is 1.40. The van der Waals surface area contributed by atoms with Crippen molar-refractivity contribution >= 4 is 11.9 Å². The quantitative estimate of drug-likeness (QED) is 0.867. The Labute approximate surface area is 155 Å². The zero-order valence-corrected chi connectivity index (χ0v) is 15.8. The maximum Gasteiger partial charge on any atom is 0.315 e. The molecule has 2 heterocycles. The number of rotatable bonds is 4. The van der Waals surface area contributed by atoms with Crippen LogP contribution in [0.4, 0.5) is 4.79 Å². The third-order valence-electron chi connectivity index (χ3n) is 5.66. The van der Waals surface area contributed by atoms with E-state index in [-0.39, 0.29) is 24.0 Å². The number of likely N-dealkylation sites (tertiary alicyclic amines) is 2. The molecule has 3 rings (SSSR count). The topological polar surface area (TPSA) is 64.7 Å². The van der Waals surface area contributed by atoms with Gasteiger partial charge >= 0.3 is 6.03 Å². The van der Waals surface area contributed by atoms with Crippen molar-refractivity contribution in [2.45, 2.75) is 51.2 Å². The lowest BCUT2D eigenvalue weighted by Gasteiger charge is -2.36. The summed E-state index contributed by atoms with van der Waals surface area (Å²) in [5.74, 6) is 0.0783. The van der Waals surface area contributed by atoms with Crippen LogP contribution in [-0.4, -0.2) is 60.0 Å². The number of amides is 3. The summed E-state index contributed by atoms with van der Waals surface area (Å²) in [5.41, 5.74) is 1.34. The van der Waals surface area contributed by atoms with Crippen LogP contribution < -0.4 is 10.6 Å². The molecule has 2 atom stereocenters. The number of piperidine rings is 1. The predicted molar refractivity (Wildman–Crippen MR) is 102 cm³/mol. The van der Waals surface area contributed by atoms with E-state index in [0.29, 0.717) is 12.6 Å². The summed E-state index contributed by atoms with van der Waals surface area (Å²) in [5, 5.41) is 6.12.